The zero-order valence-corrected chi connectivity index (χ0v) is 31.9. The molecule has 2 aromatic heterocycles. The van der Waals surface area contributed by atoms with Gasteiger partial charge >= 0.3 is 6.09 Å². The van der Waals surface area contributed by atoms with Crippen molar-refractivity contribution in [2.24, 2.45) is 16.8 Å². The number of carbonyl (C=O) groups excluding carboxylic acids is 3. The van der Waals surface area contributed by atoms with Gasteiger partial charge in [-0.2, -0.15) is 4.89 Å². The van der Waals surface area contributed by atoms with Gasteiger partial charge in [0.15, 0.2) is 0 Å². The summed E-state index contributed by atoms with van der Waals surface area (Å²) in [4.78, 5) is 72.3. The lowest BCUT2D eigenvalue weighted by molar-refractivity contribution is -0.188. The molecule has 0 unspecified atom stereocenters. The Morgan fingerprint density at radius 1 is 0.964 bits per heavy atom. The highest BCUT2D eigenvalue weighted by Gasteiger charge is 2.41. The number of likely N-dealkylation sites (tertiary alicyclic amines) is 2. The molecular formula is C40H48N8O7. The van der Waals surface area contributed by atoms with Gasteiger partial charge in [0, 0.05) is 42.4 Å². The summed E-state index contributed by atoms with van der Waals surface area (Å²) in [6.45, 7) is 8.34. The highest BCUT2D eigenvalue weighted by Crippen LogP contribution is 2.34. The Labute approximate surface area is 319 Å². The van der Waals surface area contributed by atoms with Crippen molar-refractivity contribution in [2.75, 3.05) is 27.3 Å². The van der Waals surface area contributed by atoms with Gasteiger partial charge in [-0.1, -0.05) is 51.7 Å². The minimum Gasteiger partial charge on any atom is -0.453 e. The Morgan fingerprint density at radius 3 is 2.42 bits per heavy atom. The fourth-order valence-corrected chi connectivity index (χ4v) is 7.12. The average Bonchev–Trinajstić information content (AvgIpc) is 4.00. The summed E-state index contributed by atoms with van der Waals surface area (Å²) in [5.41, 5.74) is 4.75. The van der Waals surface area contributed by atoms with E-state index in [4.69, 9.17) is 19.6 Å². The van der Waals surface area contributed by atoms with Crippen LogP contribution in [-0.4, -0.2) is 105 Å². The molecule has 2 aromatic carbocycles. The van der Waals surface area contributed by atoms with Gasteiger partial charge in [0.1, 0.15) is 23.7 Å². The minimum atomic E-state index is -0.706. The van der Waals surface area contributed by atoms with Crippen LogP contribution in [-0.2, 0) is 24.1 Å². The SMILES string of the molecule is COO/C=N/[C@H](C(=O)N1C[C@H](O)C[C@H]1c1nc2cc(C#Cc3ccc(-c4c[nH]c([C@@H]5CCCN5C(=O)[C@@H](NC(=O)OC)C(C)C)n4)cc3)ccc2[nH]1)C(C)C. The predicted molar refractivity (Wildman–Crippen MR) is 204 cm³/mol. The molecule has 2 aliphatic heterocycles. The summed E-state index contributed by atoms with van der Waals surface area (Å²) in [6, 6.07) is 11.4. The standard InChI is InChI=1S/C40H48N8O7/c1-23(2)34(42-22-55-54-6)38(50)48-21-28(49)19-33(48)37-43-29-16-13-26(18-30(29)44-37)10-9-25-11-14-27(15-12-25)31-20-41-36(45-31)32-8-7-17-47(32)39(51)35(24(3)4)46-40(52)53-5/h11-16,18,20,22-24,28,32-35,49H,7-8,17,19,21H2,1-6H3,(H,41,45)(H,43,44)(H,46,52)/b42-22+/t28-,32+,33+,34+,35+/m1/s1. The van der Waals surface area contributed by atoms with Crippen molar-refractivity contribution in [1.82, 2.24) is 35.1 Å². The number of nitrogens with one attached hydrogen (secondary N) is 3. The summed E-state index contributed by atoms with van der Waals surface area (Å²) in [5, 5.41) is 13.2. The van der Waals surface area contributed by atoms with Crippen LogP contribution in [0.4, 0.5) is 4.79 Å². The van der Waals surface area contributed by atoms with Crippen molar-refractivity contribution in [3.05, 3.63) is 71.4 Å². The largest absolute Gasteiger partial charge is 0.453 e. The van der Waals surface area contributed by atoms with E-state index in [-0.39, 0.29) is 36.2 Å². The van der Waals surface area contributed by atoms with Crippen molar-refractivity contribution < 1.29 is 34.0 Å². The quantitative estimate of drug-likeness (QED) is 0.0556. The molecule has 0 spiro atoms. The molecule has 3 amide bonds. The van der Waals surface area contributed by atoms with Gasteiger partial charge in [0.2, 0.25) is 18.2 Å². The molecule has 0 bridgehead atoms. The summed E-state index contributed by atoms with van der Waals surface area (Å²) >= 11 is 0. The third-order valence-corrected chi connectivity index (χ3v) is 10.00. The summed E-state index contributed by atoms with van der Waals surface area (Å²) in [7, 11) is 2.64. The first-order valence-corrected chi connectivity index (χ1v) is 18.5. The number of ether oxygens (including phenoxy) is 1. The van der Waals surface area contributed by atoms with Crippen LogP contribution in [0.5, 0.6) is 0 Å². The number of aliphatic hydroxyl groups is 1. The normalized spacial score (nSPS) is 19.5. The van der Waals surface area contributed by atoms with Gasteiger partial charge in [-0.25, -0.2) is 19.8 Å². The van der Waals surface area contributed by atoms with Crippen LogP contribution in [0.25, 0.3) is 22.3 Å². The van der Waals surface area contributed by atoms with Crippen LogP contribution in [0.1, 0.15) is 81.8 Å². The Hall–Kier alpha value is -5.72. The molecule has 15 heteroatoms. The number of benzene rings is 2. The van der Waals surface area contributed by atoms with Crippen molar-refractivity contribution in [2.45, 2.75) is 77.2 Å². The van der Waals surface area contributed by atoms with Crippen molar-refractivity contribution in [3.8, 4) is 23.1 Å². The lowest BCUT2D eigenvalue weighted by Gasteiger charge is -2.29. The number of amides is 3. The zero-order valence-electron chi connectivity index (χ0n) is 31.9. The van der Waals surface area contributed by atoms with E-state index in [1.165, 1.54) is 14.2 Å². The number of H-pyrrole nitrogens is 2. The Morgan fingerprint density at radius 2 is 1.71 bits per heavy atom. The van der Waals surface area contributed by atoms with Gasteiger partial charge in [-0.3, -0.25) is 9.59 Å². The molecule has 2 saturated heterocycles. The van der Waals surface area contributed by atoms with E-state index < -0.39 is 30.3 Å². The maximum Gasteiger partial charge on any atom is 0.407 e. The van der Waals surface area contributed by atoms with Gasteiger partial charge < -0.3 is 39.8 Å². The van der Waals surface area contributed by atoms with Crippen molar-refractivity contribution in [3.63, 3.8) is 0 Å². The number of hydrogen-bond acceptors (Lipinski definition) is 10. The molecule has 0 saturated carbocycles. The van der Waals surface area contributed by atoms with E-state index in [2.05, 4.69) is 37.0 Å². The number of imidazole rings is 2. The number of nitrogens with zero attached hydrogens (tertiary/aromatic N) is 5. The third kappa shape index (κ3) is 8.82. The number of carbonyl (C=O) groups is 3. The molecule has 2 aliphatic rings. The molecule has 55 heavy (non-hydrogen) atoms. The number of rotatable bonds is 11. The molecule has 2 fully saturated rings. The first kappa shape index (κ1) is 39.0. The second-order valence-corrected chi connectivity index (χ2v) is 14.5. The first-order valence-electron chi connectivity index (χ1n) is 18.5. The Balaban J connectivity index is 1.13. The number of alkyl carbamates (subject to hydrolysis) is 1. The van der Waals surface area contributed by atoms with E-state index in [0.717, 1.165) is 47.1 Å². The Kier molecular flexibility index (Phi) is 12.2. The lowest BCUT2D eigenvalue weighted by atomic mass is 10.0. The molecule has 0 radical (unpaired) electrons. The number of β-amino-alcohol motifs (C(OH)–C–C–N with tert-alkyl or cyclic N) is 1. The van der Waals surface area contributed by atoms with E-state index in [9.17, 15) is 19.5 Å². The van der Waals surface area contributed by atoms with Crippen LogP contribution < -0.4 is 5.32 Å². The molecule has 5 atom stereocenters. The van der Waals surface area contributed by atoms with Crippen LogP contribution >= 0.6 is 0 Å². The molecule has 0 aliphatic carbocycles. The van der Waals surface area contributed by atoms with E-state index in [1.54, 1.807) is 9.80 Å². The van der Waals surface area contributed by atoms with E-state index in [0.29, 0.717) is 30.1 Å². The van der Waals surface area contributed by atoms with Crippen LogP contribution in [0.2, 0.25) is 0 Å². The van der Waals surface area contributed by atoms with Crippen molar-refractivity contribution >= 4 is 35.3 Å². The number of methoxy groups -OCH3 is 1. The van der Waals surface area contributed by atoms with E-state index >= 15 is 0 Å². The number of aromatic amines is 2. The summed E-state index contributed by atoms with van der Waals surface area (Å²) < 4.78 is 4.74. The predicted octanol–water partition coefficient (Wildman–Crippen LogP) is 4.66. The molecular weight excluding hydrogens is 704 g/mol. The molecule has 15 nitrogen and oxygen atoms in total. The number of aliphatic imine (C=N–C) groups is 1. The number of aromatic nitrogens is 4. The molecule has 4 heterocycles. The van der Waals surface area contributed by atoms with Gasteiger partial charge in [0.05, 0.1) is 49.1 Å². The third-order valence-electron chi connectivity index (χ3n) is 10.00. The highest BCUT2D eigenvalue weighted by atomic mass is 17.2. The van der Waals surface area contributed by atoms with Gasteiger partial charge in [0.25, 0.3) is 0 Å². The smallest absolute Gasteiger partial charge is 0.407 e. The topological polar surface area (TPSA) is 187 Å². The number of fused-ring (bicyclic) bond motifs is 1. The lowest BCUT2D eigenvalue weighted by Crippen LogP contribution is -2.51. The highest BCUT2D eigenvalue weighted by molar-refractivity contribution is 5.86. The van der Waals surface area contributed by atoms with Crippen LogP contribution in [0.15, 0.2) is 53.7 Å². The minimum absolute atomic E-state index is 0.108. The van der Waals surface area contributed by atoms with Crippen LogP contribution in [0, 0.1) is 23.7 Å². The van der Waals surface area contributed by atoms with Gasteiger partial charge in [-0.15, -0.1) is 0 Å². The first-order chi connectivity index (χ1) is 26.5. The number of aliphatic hydroxyl groups excluding tert-OH is 1. The zero-order chi connectivity index (χ0) is 39.2. The second kappa shape index (κ2) is 17.2. The second-order valence-electron chi connectivity index (χ2n) is 14.5. The summed E-state index contributed by atoms with van der Waals surface area (Å²) in [5.74, 6) is 7.14. The summed E-state index contributed by atoms with van der Waals surface area (Å²) in [6.07, 6.45) is 3.59. The fraction of sp³-hybridized carbons (Fsp3) is 0.450. The average molecular weight is 753 g/mol. The van der Waals surface area contributed by atoms with Crippen LogP contribution in [0.3, 0.4) is 0 Å². The molecule has 4 N–H and O–H groups in total. The Bertz CT molecular complexity index is 2080. The molecule has 4 aromatic rings. The molecule has 6 rings (SSSR count). The van der Waals surface area contributed by atoms with Gasteiger partial charge in [-0.05, 0) is 55.0 Å². The van der Waals surface area contributed by atoms with E-state index in [1.807, 2.05) is 76.4 Å². The van der Waals surface area contributed by atoms with Crippen molar-refractivity contribution in [1.29, 1.82) is 0 Å². The fourth-order valence-electron chi connectivity index (χ4n) is 7.12. The molecule has 290 valence electrons. The maximum atomic E-state index is 13.6. The monoisotopic (exact) mass is 752 g/mol. The maximum absolute atomic E-state index is 13.6. The number of hydrogen-bond donors (Lipinski definition) is 4.